The molecule has 1 aromatic heterocycles. The zero-order valence-corrected chi connectivity index (χ0v) is 10.8. The molecule has 0 fully saturated rings. The Balaban J connectivity index is 2.05. The monoisotopic (exact) mass is 302 g/mol. The van der Waals surface area contributed by atoms with Crippen LogP contribution in [0.3, 0.4) is 0 Å². The first-order valence-electron chi connectivity index (χ1n) is 5.47. The summed E-state index contributed by atoms with van der Waals surface area (Å²) in [4.78, 5) is 10.8. The van der Waals surface area contributed by atoms with Gasteiger partial charge in [-0.25, -0.2) is 4.79 Å². The van der Waals surface area contributed by atoms with Crippen molar-refractivity contribution in [2.24, 2.45) is 0 Å². The maximum atomic E-state index is 12.5. The number of benzene rings is 1. The molecule has 0 atom stereocenters. The third kappa shape index (κ3) is 3.51. The molecule has 0 radical (unpaired) electrons. The molecule has 0 saturated heterocycles. The Hall–Kier alpha value is -2.02. The Bertz CT molecular complexity index is 619. The van der Waals surface area contributed by atoms with Crippen LogP contribution in [0.4, 0.5) is 13.2 Å². The minimum absolute atomic E-state index is 0.0558. The van der Waals surface area contributed by atoms with Crippen molar-refractivity contribution >= 4 is 17.3 Å². The largest absolute Gasteiger partial charge is 0.488 e. The summed E-state index contributed by atoms with van der Waals surface area (Å²) in [6.07, 6.45) is -4.39. The molecule has 0 aliphatic heterocycles. The van der Waals surface area contributed by atoms with Gasteiger partial charge < -0.3 is 9.84 Å². The van der Waals surface area contributed by atoms with Crippen LogP contribution in [-0.2, 0) is 12.8 Å². The third-order valence-electron chi connectivity index (χ3n) is 2.45. The van der Waals surface area contributed by atoms with Crippen LogP contribution in [0, 0.1) is 0 Å². The van der Waals surface area contributed by atoms with Crippen LogP contribution >= 0.6 is 11.3 Å². The van der Waals surface area contributed by atoms with Crippen LogP contribution in [0.2, 0.25) is 0 Å². The zero-order valence-electron chi connectivity index (χ0n) is 9.98. The summed E-state index contributed by atoms with van der Waals surface area (Å²) in [5.74, 6) is -0.742. The van der Waals surface area contributed by atoms with E-state index in [2.05, 4.69) is 0 Å². The van der Waals surface area contributed by atoms with Crippen molar-refractivity contribution in [2.45, 2.75) is 12.8 Å². The quantitative estimate of drug-likeness (QED) is 0.927. The Labute approximate surface area is 116 Å². The average Bonchev–Trinajstić information content (AvgIpc) is 2.85. The number of halogens is 3. The van der Waals surface area contributed by atoms with Gasteiger partial charge in [0, 0.05) is 11.4 Å². The summed E-state index contributed by atoms with van der Waals surface area (Å²) in [6, 6.07) is 6.14. The van der Waals surface area contributed by atoms with Gasteiger partial charge in [-0.3, -0.25) is 0 Å². The molecule has 1 aromatic carbocycles. The van der Waals surface area contributed by atoms with Gasteiger partial charge in [0.1, 0.15) is 17.2 Å². The van der Waals surface area contributed by atoms with Gasteiger partial charge in [0.05, 0.1) is 5.56 Å². The van der Waals surface area contributed by atoms with Crippen LogP contribution in [0.15, 0.2) is 35.7 Å². The van der Waals surface area contributed by atoms with E-state index in [0.717, 1.165) is 23.5 Å². The standard InChI is InChI=1S/C13H9F3O3S/c14-13(15,16)9-3-1-2-8(4-9)6-19-10-5-11(12(17)18)20-7-10/h1-5,7H,6H2,(H,17,18). The molecule has 0 unspecified atom stereocenters. The number of hydrogen-bond acceptors (Lipinski definition) is 3. The molecule has 2 aromatic rings. The fourth-order valence-corrected chi connectivity index (χ4v) is 2.17. The molecule has 1 N–H and O–H groups in total. The van der Waals surface area contributed by atoms with E-state index in [-0.39, 0.29) is 11.5 Å². The minimum Gasteiger partial charge on any atom is -0.488 e. The van der Waals surface area contributed by atoms with E-state index in [4.69, 9.17) is 9.84 Å². The van der Waals surface area contributed by atoms with Gasteiger partial charge in [-0.1, -0.05) is 12.1 Å². The Morgan fingerprint density at radius 3 is 2.65 bits per heavy atom. The molecule has 0 aliphatic rings. The van der Waals surface area contributed by atoms with Gasteiger partial charge in [0.2, 0.25) is 0 Å². The number of alkyl halides is 3. The Morgan fingerprint density at radius 1 is 1.30 bits per heavy atom. The number of carbonyl (C=O) groups is 1. The summed E-state index contributed by atoms with van der Waals surface area (Å²) in [7, 11) is 0. The van der Waals surface area contributed by atoms with E-state index in [1.54, 1.807) is 0 Å². The summed E-state index contributed by atoms with van der Waals surface area (Å²) in [6.45, 7) is -0.0558. The van der Waals surface area contributed by atoms with Crippen molar-refractivity contribution < 1.29 is 27.8 Å². The molecule has 106 valence electrons. The summed E-state index contributed by atoms with van der Waals surface area (Å²) < 4.78 is 42.8. The maximum Gasteiger partial charge on any atom is 0.416 e. The molecule has 20 heavy (non-hydrogen) atoms. The third-order valence-corrected chi connectivity index (χ3v) is 3.34. The minimum atomic E-state index is -4.39. The van der Waals surface area contributed by atoms with Gasteiger partial charge >= 0.3 is 12.1 Å². The van der Waals surface area contributed by atoms with Crippen LogP contribution < -0.4 is 4.74 Å². The van der Waals surface area contributed by atoms with Crippen LogP contribution in [0.25, 0.3) is 0 Å². The van der Waals surface area contributed by atoms with Gasteiger partial charge in [-0.2, -0.15) is 13.2 Å². The molecule has 7 heteroatoms. The van der Waals surface area contributed by atoms with Gasteiger partial charge in [0.25, 0.3) is 0 Å². The first-order chi connectivity index (χ1) is 9.36. The van der Waals surface area contributed by atoms with Crippen molar-refractivity contribution in [2.75, 3.05) is 0 Å². The van der Waals surface area contributed by atoms with E-state index in [0.29, 0.717) is 11.3 Å². The van der Waals surface area contributed by atoms with Crippen molar-refractivity contribution in [3.05, 3.63) is 51.7 Å². The molecular weight excluding hydrogens is 293 g/mol. The second-order valence-corrected chi connectivity index (χ2v) is 4.85. The molecule has 0 saturated carbocycles. The summed E-state index contributed by atoms with van der Waals surface area (Å²) in [5.41, 5.74) is -0.377. The van der Waals surface area contributed by atoms with Gasteiger partial charge in [0.15, 0.2) is 0 Å². The first-order valence-corrected chi connectivity index (χ1v) is 6.35. The number of carboxylic acid groups (broad SMARTS) is 1. The Kier molecular flexibility index (Phi) is 3.99. The lowest BCUT2D eigenvalue weighted by Gasteiger charge is -2.09. The predicted molar refractivity (Wildman–Crippen MR) is 67.1 cm³/mol. The van der Waals surface area contributed by atoms with E-state index >= 15 is 0 Å². The lowest BCUT2D eigenvalue weighted by atomic mass is 10.1. The van der Waals surface area contributed by atoms with Gasteiger partial charge in [-0.15, -0.1) is 11.3 Å². The highest BCUT2D eigenvalue weighted by Crippen LogP contribution is 2.30. The van der Waals surface area contributed by atoms with Crippen LogP contribution in [0.5, 0.6) is 5.75 Å². The molecule has 0 spiro atoms. The smallest absolute Gasteiger partial charge is 0.416 e. The van der Waals surface area contributed by atoms with Crippen molar-refractivity contribution in [1.29, 1.82) is 0 Å². The second-order valence-electron chi connectivity index (χ2n) is 3.94. The summed E-state index contributed by atoms with van der Waals surface area (Å²) in [5, 5.41) is 10.2. The molecule has 0 bridgehead atoms. The molecule has 2 rings (SSSR count). The highest BCUT2D eigenvalue weighted by molar-refractivity contribution is 7.12. The van der Waals surface area contributed by atoms with Crippen molar-refractivity contribution in [3.63, 3.8) is 0 Å². The molecule has 0 amide bonds. The lowest BCUT2D eigenvalue weighted by Crippen LogP contribution is -2.06. The van der Waals surface area contributed by atoms with E-state index in [1.165, 1.54) is 23.6 Å². The van der Waals surface area contributed by atoms with E-state index in [1.807, 2.05) is 0 Å². The fourth-order valence-electron chi connectivity index (χ4n) is 1.51. The number of hydrogen-bond donors (Lipinski definition) is 1. The number of aromatic carboxylic acids is 1. The number of thiophene rings is 1. The topological polar surface area (TPSA) is 46.5 Å². The number of rotatable bonds is 4. The van der Waals surface area contributed by atoms with Crippen LogP contribution in [0.1, 0.15) is 20.8 Å². The van der Waals surface area contributed by atoms with Crippen molar-refractivity contribution in [1.82, 2.24) is 0 Å². The number of ether oxygens (including phenoxy) is 1. The first kappa shape index (κ1) is 14.4. The predicted octanol–water partition coefficient (Wildman–Crippen LogP) is 4.04. The number of carboxylic acids is 1. The molecule has 1 heterocycles. The van der Waals surface area contributed by atoms with E-state index in [9.17, 15) is 18.0 Å². The SMILES string of the molecule is O=C(O)c1cc(OCc2cccc(C(F)(F)F)c2)cs1. The fraction of sp³-hybridized carbons (Fsp3) is 0.154. The second kappa shape index (κ2) is 5.54. The van der Waals surface area contributed by atoms with E-state index < -0.39 is 17.7 Å². The molecule has 3 nitrogen and oxygen atoms in total. The molecular formula is C13H9F3O3S. The Morgan fingerprint density at radius 2 is 2.05 bits per heavy atom. The van der Waals surface area contributed by atoms with Gasteiger partial charge in [-0.05, 0) is 17.7 Å². The zero-order chi connectivity index (χ0) is 14.8. The summed E-state index contributed by atoms with van der Waals surface area (Å²) >= 11 is 0.996. The average molecular weight is 302 g/mol. The highest BCUT2D eigenvalue weighted by Gasteiger charge is 2.30. The lowest BCUT2D eigenvalue weighted by molar-refractivity contribution is -0.137. The van der Waals surface area contributed by atoms with Crippen molar-refractivity contribution in [3.8, 4) is 5.75 Å². The molecule has 0 aliphatic carbocycles. The van der Waals surface area contributed by atoms with Crippen LogP contribution in [-0.4, -0.2) is 11.1 Å². The highest BCUT2D eigenvalue weighted by atomic mass is 32.1. The maximum absolute atomic E-state index is 12.5. The normalized spacial score (nSPS) is 11.3.